The Morgan fingerprint density at radius 1 is 1.47 bits per heavy atom. The van der Waals surface area contributed by atoms with E-state index < -0.39 is 0 Å². The second-order valence-electron chi connectivity index (χ2n) is 3.16. The normalized spacial score (nSPS) is 10.3. The zero-order valence-electron chi connectivity index (χ0n) is 8.83. The fourth-order valence-electron chi connectivity index (χ4n) is 1.17. The number of halogens is 1. The van der Waals surface area contributed by atoms with Crippen molar-refractivity contribution in [2.75, 3.05) is 18.6 Å². The molecule has 0 saturated heterocycles. The predicted molar refractivity (Wildman–Crippen MR) is 70.5 cm³/mol. The lowest BCUT2D eigenvalue weighted by Crippen LogP contribution is -2.00. The Morgan fingerprint density at radius 2 is 2.27 bits per heavy atom. The summed E-state index contributed by atoms with van der Waals surface area (Å²) in [4.78, 5) is 0. The van der Waals surface area contributed by atoms with Crippen LogP contribution in [0.15, 0.2) is 22.7 Å². The van der Waals surface area contributed by atoms with E-state index >= 15 is 0 Å². The molecule has 1 aromatic rings. The molecule has 4 heteroatoms. The van der Waals surface area contributed by atoms with Gasteiger partial charge >= 0.3 is 0 Å². The summed E-state index contributed by atoms with van der Waals surface area (Å²) in [6.07, 6.45) is 3.18. The summed E-state index contributed by atoms with van der Waals surface area (Å²) in [5, 5.41) is 0. The molecule has 0 heterocycles. The van der Waals surface area contributed by atoms with Gasteiger partial charge in [0.1, 0.15) is 5.75 Å². The molecule has 2 nitrogen and oxygen atoms in total. The van der Waals surface area contributed by atoms with E-state index in [1.165, 1.54) is 0 Å². The molecule has 0 fully saturated rings. The van der Waals surface area contributed by atoms with Crippen molar-refractivity contribution in [3.05, 3.63) is 28.2 Å². The summed E-state index contributed by atoms with van der Waals surface area (Å²) < 4.78 is 6.62. The second kappa shape index (κ2) is 7.14. The van der Waals surface area contributed by atoms with Crippen LogP contribution < -0.4 is 10.5 Å². The Morgan fingerprint density at radius 3 is 2.87 bits per heavy atom. The van der Waals surface area contributed by atoms with Gasteiger partial charge in [-0.25, -0.2) is 0 Å². The molecule has 1 rings (SSSR count). The molecule has 15 heavy (non-hydrogen) atoms. The fraction of sp³-hybridized carbons (Fsp3) is 0.455. The molecule has 84 valence electrons. The van der Waals surface area contributed by atoms with Crippen LogP contribution in [0.1, 0.15) is 12.0 Å². The van der Waals surface area contributed by atoms with Crippen LogP contribution in [-0.4, -0.2) is 18.6 Å². The highest BCUT2D eigenvalue weighted by molar-refractivity contribution is 9.10. The van der Waals surface area contributed by atoms with Crippen LogP contribution in [0, 0.1) is 0 Å². The minimum Gasteiger partial charge on any atom is -0.492 e. The van der Waals surface area contributed by atoms with Crippen LogP contribution in [0.2, 0.25) is 0 Å². The number of benzene rings is 1. The van der Waals surface area contributed by atoms with E-state index in [2.05, 4.69) is 22.2 Å². The fourth-order valence-corrected chi connectivity index (χ4v) is 2.12. The molecule has 0 bridgehead atoms. The maximum atomic E-state index is 5.64. The second-order valence-corrected chi connectivity index (χ2v) is 5.00. The number of thioether (sulfide) groups is 1. The number of rotatable bonds is 6. The zero-order valence-corrected chi connectivity index (χ0v) is 11.2. The Hall–Kier alpha value is -0.190. The third-order valence-corrected chi connectivity index (χ3v) is 3.30. The van der Waals surface area contributed by atoms with Gasteiger partial charge in [0.05, 0.1) is 11.1 Å². The topological polar surface area (TPSA) is 35.2 Å². The first-order valence-corrected chi connectivity index (χ1v) is 7.07. The highest BCUT2D eigenvalue weighted by Gasteiger charge is 2.01. The zero-order chi connectivity index (χ0) is 11.1. The molecule has 0 amide bonds. The van der Waals surface area contributed by atoms with Crippen molar-refractivity contribution in [1.82, 2.24) is 0 Å². The summed E-state index contributed by atoms with van der Waals surface area (Å²) in [6, 6.07) is 5.96. The van der Waals surface area contributed by atoms with Gasteiger partial charge in [-0.1, -0.05) is 6.07 Å². The van der Waals surface area contributed by atoms with Crippen molar-refractivity contribution in [2.45, 2.75) is 13.0 Å². The molecule has 0 aromatic heterocycles. The summed E-state index contributed by atoms with van der Waals surface area (Å²) >= 11 is 5.31. The van der Waals surface area contributed by atoms with E-state index in [0.29, 0.717) is 6.54 Å². The first-order chi connectivity index (χ1) is 7.27. The number of hydrogen-bond acceptors (Lipinski definition) is 3. The Kier molecular flexibility index (Phi) is 6.13. The molecule has 2 N–H and O–H groups in total. The van der Waals surface area contributed by atoms with Gasteiger partial charge in [-0.05, 0) is 52.1 Å². The van der Waals surface area contributed by atoms with Gasteiger partial charge in [-0.2, -0.15) is 11.8 Å². The van der Waals surface area contributed by atoms with Crippen molar-refractivity contribution in [3.63, 3.8) is 0 Å². The first-order valence-electron chi connectivity index (χ1n) is 4.88. The smallest absolute Gasteiger partial charge is 0.133 e. The van der Waals surface area contributed by atoms with Gasteiger partial charge in [-0.3, -0.25) is 0 Å². The van der Waals surface area contributed by atoms with Crippen molar-refractivity contribution in [1.29, 1.82) is 0 Å². The van der Waals surface area contributed by atoms with E-state index in [0.717, 1.165) is 34.6 Å². The molecule has 1 aromatic carbocycles. The lowest BCUT2D eigenvalue weighted by Gasteiger charge is -2.08. The van der Waals surface area contributed by atoms with Crippen molar-refractivity contribution in [2.24, 2.45) is 5.73 Å². The van der Waals surface area contributed by atoms with Gasteiger partial charge in [0.2, 0.25) is 0 Å². The Labute approximate surface area is 104 Å². The average Bonchev–Trinajstić information content (AvgIpc) is 2.26. The first kappa shape index (κ1) is 12.9. The summed E-state index contributed by atoms with van der Waals surface area (Å²) in [6.45, 7) is 1.33. The van der Waals surface area contributed by atoms with E-state index in [9.17, 15) is 0 Å². The number of nitrogens with two attached hydrogens (primary N) is 1. The average molecular weight is 290 g/mol. The molecule has 0 saturated carbocycles. The quantitative estimate of drug-likeness (QED) is 0.818. The van der Waals surface area contributed by atoms with E-state index in [1.54, 1.807) is 0 Å². The Bertz CT molecular complexity index is 307. The SMILES string of the molecule is CSCCCOc1ccc(CN)cc1Br. The molecular formula is C11H16BrNOS. The molecule has 0 unspecified atom stereocenters. The van der Waals surface area contributed by atoms with Gasteiger partial charge in [0.25, 0.3) is 0 Å². The molecular weight excluding hydrogens is 274 g/mol. The van der Waals surface area contributed by atoms with Crippen LogP contribution in [0.3, 0.4) is 0 Å². The van der Waals surface area contributed by atoms with Crippen LogP contribution in [-0.2, 0) is 6.54 Å². The van der Waals surface area contributed by atoms with Gasteiger partial charge in [0, 0.05) is 6.54 Å². The standard InChI is InChI=1S/C11H16BrNOS/c1-15-6-2-5-14-11-4-3-9(8-13)7-10(11)12/h3-4,7H,2,5-6,8,13H2,1H3. The van der Waals surface area contributed by atoms with Crippen molar-refractivity contribution >= 4 is 27.7 Å². The van der Waals surface area contributed by atoms with E-state index in [4.69, 9.17) is 10.5 Å². The van der Waals surface area contributed by atoms with Gasteiger partial charge in [0.15, 0.2) is 0 Å². The molecule has 0 radical (unpaired) electrons. The maximum absolute atomic E-state index is 5.64. The lowest BCUT2D eigenvalue weighted by atomic mass is 10.2. The predicted octanol–water partition coefficient (Wildman–Crippen LogP) is 3.04. The minimum absolute atomic E-state index is 0.561. The highest BCUT2D eigenvalue weighted by atomic mass is 79.9. The van der Waals surface area contributed by atoms with Gasteiger partial charge < -0.3 is 10.5 Å². The number of ether oxygens (including phenoxy) is 1. The molecule has 0 spiro atoms. The van der Waals surface area contributed by atoms with Gasteiger partial charge in [-0.15, -0.1) is 0 Å². The summed E-state index contributed by atoms with van der Waals surface area (Å²) in [5.74, 6) is 2.03. The van der Waals surface area contributed by atoms with Crippen LogP contribution in [0.5, 0.6) is 5.75 Å². The van der Waals surface area contributed by atoms with Crippen LogP contribution in [0.4, 0.5) is 0 Å². The number of hydrogen-bond donors (Lipinski definition) is 1. The molecule has 0 aliphatic heterocycles. The summed E-state index contributed by atoms with van der Waals surface area (Å²) in [5.41, 5.74) is 6.65. The third-order valence-electron chi connectivity index (χ3n) is 1.98. The van der Waals surface area contributed by atoms with Crippen LogP contribution in [0.25, 0.3) is 0 Å². The van der Waals surface area contributed by atoms with Crippen LogP contribution >= 0.6 is 27.7 Å². The monoisotopic (exact) mass is 289 g/mol. The maximum Gasteiger partial charge on any atom is 0.133 e. The molecule has 0 aliphatic rings. The highest BCUT2D eigenvalue weighted by Crippen LogP contribution is 2.26. The largest absolute Gasteiger partial charge is 0.492 e. The Balaban J connectivity index is 2.47. The molecule has 0 atom stereocenters. The lowest BCUT2D eigenvalue weighted by molar-refractivity contribution is 0.316. The van der Waals surface area contributed by atoms with E-state index in [1.807, 2.05) is 30.0 Å². The third kappa shape index (κ3) is 4.45. The van der Waals surface area contributed by atoms with E-state index in [-0.39, 0.29) is 0 Å². The minimum atomic E-state index is 0.561. The summed E-state index contributed by atoms with van der Waals surface area (Å²) in [7, 11) is 0. The van der Waals surface area contributed by atoms with Crippen molar-refractivity contribution in [3.8, 4) is 5.75 Å². The molecule has 0 aliphatic carbocycles. The van der Waals surface area contributed by atoms with Crippen molar-refractivity contribution < 1.29 is 4.74 Å².